The number of nitrogens with zero attached hydrogens (tertiary/aromatic N) is 1. The fourth-order valence-corrected chi connectivity index (χ4v) is 0. The van der Waals surface area contributed by atoms with E-state index in [1.54, 1.807) is 0 Å². The summed E-state index contributed by atoms with van der Waals surface area (Å²) in [5, 5.41) is 10.2. The molecule has 0 atom stereocenters. The van der Waals surface area contributed by atoms with Crippen molar-refractivity contribution in [1.82, 2.24) is 10.7 Å². The smallest absolute Gasteiger partial charge is 0.238 e. The Labute approximate surface area is 23.9 Å². The van der Waals surface area contributed by atoms with Crippen LogP contribution in [0.4, 0.5) is 0 Å². The Morgan fingerprint density at radius 2 is 2.25 bits per heavy atom. The zero-order valence-electron chi connectivity index (χ0n) is 2.10. The topological polar surface area (TPSA) is 46.4 Å². The molecule has 0 rings (SSSR count). The van der Waals surface area contributed by atoms with Crippen LogP contribution in [0.3, 0.4) is 0 Å². The van der Waals surface area contributed by atoms with Crippen LogP contribution in [-0.4, -0.2) is 11.9 Å². The summed E-state index contributed by atoms with van der Waals surface area (Å²) in [4.78, 5) is 0. The highest BCUT2D eigenvalue weighted by Crippen LogP contribution is 0.995. The molecule has 0 amide bonds. The van der Waals surface area contributed by atoms with E-state index in [4.69, 9.17) is 5.21 Å². The van der Waals surface area contributed by atoms with Gasteiger partial charge in [-0.2, -0.15) is 0 Å². The molecule has 1 radical (unpaired) electrons. The molecule has 0 aliphatic carbocycles. The highest BCUT2D eigenvalue weighted by atomic mass is 16.5. The van der Waals surface area contributed by atoms with Gasteiger partial charge in [-0.3, -0.25) is 0 Å². The van der Waals surface area contributed by atoms with Crippen molar-refractivity contribution in [2.45, 2.75) is 0 Å². The highest BCUT2D eigenvalue weighted by molar-refractivity contribution is 5.19. The normalized spacial score (nSPS) is 5.25. The Hall–Kier alpha value is -0.570. The van der Waals surface area contributed by atoms with Crippen molar-refractivity contribution >= 4 is 6.72 Å². The summed E-state index contributed by atoms with van der Waals surface area (Å²) in [7, 11) is 0. The second kappa shape index (κ2) is 2.43. The number of hydrogen-bond acceptors (Lipinski definition) is 3. The maximum atomic E-state index is 7.40. The van der Waals surface area contributed by atoms with E-state index in [2.05, 4.69) is 11.8 Å². The highest BCUT2D eigenvalue weighted by Gasteiger charge is 1.56. The van der Waals surface area contributed by atoms with Crippen molar-refractivity contribution in [2.75, 3.05) is 0 Å². The van der Waals surface area contributed by atoms with Crippen LogP contribution in [0, 0.1) is 0 Å². The third-order valence-electron chi connectivity index (χ3n) is 0.0707. The first-order valence-corrected chi connectivity index (χ1v) is 0.763. The molecule has 3 heteroatoms. The first-order chi connectivity index (χ1) is 1.91. The average molecular weight is 60.1 g/mol. The Morgan fingerprint density at radius 1 is 2.00 bits per heavy atom. The van der Waals surface area contributed by atoms with Crippen molar-refractivity contribution in [3.05, 3.63) is 0 Å². The van der Waals surface area contributed by atoms with Gasteiger partial charge in [0, 0.05) is 0 Å². The van der Waals surface area contributed by atoms with Crippen molar-refractivity contribution in [3.8, 4) is 0 Å². The predicted octanol–water partition coefficient (Wildman–Crippen LogP) is -1.08. The van der Waals surface area contributed by atoms with Gasteiger partial charge < -0.3 is 0 Å². The van der Waals surface area contributed by atoms with Crippen LogP contribution in [-0.2, 0) is 0 Å². The minimum absolute atomic E-state index is 1.44. The van der Waals surface area contributed by atoms with Gasteiger partial charge >= 0.3 is 0 Å². The summed E-state index contributed by atoms with van der Waals surface area (Å²) >= 11 is 0. The maximum absolute atomic E-state index is 7.40. The third kappa shape index (κ3) is 1.43. The Morgan fingerprint density at radius 3 is 2.25 bits per heavy atom. The van der Waals surface area contributed by atoms with E-state index in [0.717, 1.165) is 0 Å². The molecule has 0 unspecified atom stereocenters. The van der Waals surface area contributed by atoms with E-state index in [9.17, 15) is 0 Å². The molecule has 3 nitrogen and oxygen atoms in total. The van der Waals surface area contributed by atoms with E-state index >= 15 is 0 Å². The average Bonchev–Trinajstić information content (AvgIpc) is 1.37. The Bertz CT molecular complexity index is 20.0. The molecule has 0 aliphatic rings. The van der Waals surface area contributed by atoms with Crippen molar-refractivity contribution in [2.24, 2.45) is 0 Å². The van der Waals surface area contributed by atoms with E-state index in [0.29, 0.717) is 0 Å². The summed E-state index contributed by atoms with van der Waals surface area (Å²) in [5.41, 5.74) is 1.44. The molecule has 0 spiro atoms. The molecule has 23 valence electrons. The van der Waals surface area contributed by atoms with Gasteiger partial charge in [0.05, 0.1) is 0 Å². The zero-order valence-corrected chi connectivity index (χ0v) is 2.10. The predicted molar refractivity (Wildman–Crippen MR) is 14.2 cm³/mol. The quantitative estimate of drug-likeness (QED) is 0.298. The monoisotopic (exact) mass is 60.0 g/mol. The fourth-order valence-electron chi connectivity index (χ4n) is 0. The second-order valence-electron chi connectivity index (χ2n) is 0.258. The van der Waals surface area contributed by atoms with Gasteiger partial charge in [0.1, 0.15) is 0 Å². The van der Waals surface area contributed by atoms with Crippen LogP contribution >= 0.6 is 0 Å². The molecule has 0 aromatic heterocycles. The minimum atomic E-state index is 1.44. The molecule has 0 saturated heterocycles. The van der Waals surface area contributed by atoms with Crippen LogP contribution in [0.2, 0.25) is 0 Å². The minimum Gasteiger partial charge on any atom is -0.238 e. The van der Waals surface area contributed by atoms with Gasteiger partial charge in [-0.15, -0.1) is 0 Å². The van der Waals surface area contributed by atoms with Gasteiger partial charge in [-0.05, 0) is 5.59 Å². The van der Waals surface area contributed by atoms with Gasteiger partial charge in [-0.25, -0.2) is 5.21 Å². The summed E-state index contributed by atoms with van der Waals surface area (Å²) in [6, 6.07) is 0. The SMILES string of the molecule is C=[N+]NO. The summed E-state index contributed by atoms with van der Waals surface area (Å²) in [5.74, 6) is 0. The standard InChI is InChI=1S/CH4N2O/c1-2-3-4/h3-4H,1H2/q+1. The first kappa shape index (κ1) is 3.43. The van der Waals surface area contributed by atoms with Gasteiger partial charge in [0.2, 0.25) is 6.72 Å². The molecule has 0 aromatic carbocycles. The number of hydrogen-bond donors (Lipinski definition) is 2. The molecular weight excluding hydrogens is 56.0 g/mol. The van der Waals surface area contributed by atoms with Gasteiger partial charge in [0.25, 0.3) is 0 Å². The van der Waals surface area contributed by atoms with Gasteiger partial charge in [0.15, 0.2) is 5.10 Å². The van der Waals surface area contributed by atoms with Gasteiger partial charge in [-0.1, -0.05) is 0 Å². The molecule has 2 N–H and O–H groups in total. The molecule has 0 heterocycles. The first-order valence-electron chi connectivity index (χ1n) is 0.763. The lowest BCUT2D eigenvalue weighted by molar-refractivity contribution is 0.153. The molecule has 0 fully saturated rings. The summed E-state index contributed by atoms with van der Waals surface area (Å²) < 4.78 is 0. The van der Waals surface area contributed by atoms with Crippen LogP contribution in [0.1, 0.15) is 0 Å². The van der Waals surface area contributed by atoms with E-state index in [-0.39, 0.29) is 0 Å². The van der Waals surface area contributed by atoms with E-state index in [1.807, 2.05) is 0 Å². The maximum Gasteiger partial charge on any atom is 0.242 e. The second-order valence-corrected chi connectivity index (χ2v) is 0.258. The van der Waals surface area contributed by atoms with Crippen LogP contribution < -0.4 is 10.7 Å². The molecule has 0 bridgehead atoms. The zero-order chi connectivity index (χ0) is 3.41. The largest absolute Gasteiger partial charge is 0.242 e. The Kier molecular flexibility index (Phi) is 2.08. The Balaban J connectivity index is 2.30. The molecule has 0 aromatic rings. The van der Waals surface area contributed by atoms with Crippen molar-refractivity contribution < 1.29 is 5.21 Å². The van der Waals surface area contributed by atoms with Crippen LogP contribution in [0.15, 0.2) is 0 Å². The number of hydrazone groups is 1. The molecular formula is CH4N2O+. The van der Waals surface area contributed by atoms with Crippen molar-refractivity contribution in [3.63, 3.8) is 0 Å². The van der Waals surface area contributed by atoms with E-state index in [1.165, 1.54) is 5.59 Å². The molecule has 0 saturated carbocycles. The van der Waals surface area contributed by atoms with E-state index < -0.39 is 0 Å². The van der Waals surface area contributed by atoms with Crippen LogP contribution in [0.5, 0.6) is 0 Å². The van der Waals surface area contributed by atoms with Crippen molar-refractivity contribution in [1.29, 1.82) is 0 Å². The molecule has 0 aliphatic heterocycles. The number of nitrogens with one attached hydrogen (secondary N) is 1. The molecule has 4 heavy (non-hydrogen) atoms. The number of rotatable bonds is 1. The lowest BCUT2D eigenvalue weighted by Crippen LogP contribution is -2.05. The van der Waals surface area contributed by atoms with Crippen LogP contribution in [0.25, 0.3) is 0 Å². The summed E-state index contributed by atoms with van der Waals surface area (Å²) in [6.07, 6.45) is 0. The summed E-state index contributed by atoms with van der Waals surface area (Å²) in [6.45, 7) is 2.87. The third-order valence-corrected chi connectivity index (χ3v) is 0.0707. The lowest BCUT2D eigenvalue weighted by atomic mass is 11.7. The lowest BCUT2D eigenvalue weighted by Gasteiger charge is -1.50. The fraction of sp³-hybridized carbons (Fsp3) is 0.